The Balaban J connectivity index is 1.33. The number of furan rings is 1. The summed E-state index contributed by atoms with van der Waals surface area (Å²) in [6.07, 6.45) is 4.15. The van der Waals surface area contributed by atoms with Gasteiger partial charge in [-0.1, -0.05) is 50.2 Å². The van der Waals surface area contributed by atoms with Crippen molar-refractivity contribution in [2.75, 3.05) is 12.4 Å². The first kappa shape index (κ1) is 21.5. The van der Waals surface area contributed by atoms with Crippen LogP contribution in [0, 0.1) is 0 Å². The zero-order valence-electron chi connectivity index (χ0n) is 19.2. The van der Waals surface area contributed by atoms with Crippen molar-refractivity contribution in [3.63, 3.8) is 0 Å². The summed E-state index contributed by atoms with van der Waals surface area (Å²) in [6.45, 7) is 4.98. The van der Waals surface area contributed by atoms with Gasteiger partial charge in [-0.3, -0.25) is 0 Å². The van der Waals surface area contributed by atoms with Gasteiger partial charge in [0.15, 0.2) is 17.2 Å². The molecule has 2 heterocycles. The highest BCUT2D eigenvalue weighted by Crippen LogP contribution is 2.31. The fraction of sp³-hybridized carbons (Fsp3) is 0.333. The van der Waals surface area contributed by atoms with Crippen LogP contribution >= 0.6 is 0 Å². The van der Waals surface area contributed by atoms with E-state index in [-0.39, 0.29) is 6.10 Å². The summed E-state index contributed by atoms with van der Waals surface area (Å²) < 4.78 is 17.0. The third kappa shape index (κ3) is 4.57. The van der Waals surface area contributed by atoms with Crippen LogP contribution in [-0.2, 0) is 11.3 Å². The highest BCUT2D eigenvalue weighted by atomic mass is 16.5. The molecule has 6 nitrogen and oxygen atoms in total. The van der Waals surface area contributed by atoms with Gasteiger partial charge in [0.05, 0.1) is 12.4 Å². The lowest BCUT2D eigenvalue weighted by Crippen LogP contribution is -2.38. The first-order valence-corrected chi connectivity index (χ1v) is 11.5. The molecule has 1 aliphatic carbocycles. The smallest absolute Gasteiger partial charge is 0.194 e. The number of methoxy groups -OCH3 is 1. The van der Waals surface area contributed by atoms with E-state index in [0.29, 0.717) is 35.8 Å². The summed E-state index contributed by atoms with van der Waals surface area (Å²) in [4.78, 5) is 9.60. The van der Waals surface area contributed by atoms with Gasteiger partial charge in [-0.2, -0.15) is 0 Å². The number of aromatic nitrogens is 2. The van der Waals surface area contributed by atoms with E-state index in [4.69, 9.17) is 23.9 Å². The van der Waals surface area contributed by atoms with Crippen LogP contribution in [0.1, 0.15) is 43.7 Å². The minimum absolute atomic E-state index is 0.249. The van der Waals surface area contributed by atoms with Crippen LogP contribution in [0.25, 0.3) is 22.5 Å². The van der Waals surface area contributed by atoms with Gasteiger partial charge in [-0.25, -0.2) is 9.97 Å². The fourth-order valence-electron chi connectivity index (χ4n) is 4.18. The van der Waals surface area contributed by atoms with Gasteiger partial charge in [0, 0.05) is 38.1 Å². The molecule has 0 radical (unpaired) electrons. The number of nitrogens with one attached hydrogen (secondary N) is 1. The quantitative estimate of drug-likeness (QED) is 0.351. The molecule has 1 aliphatic rings. The van der Waals surface area contributed by atoms with Crippen LogP contribution in [0.2, 0.25) is 0 Å². The second-order valence-corrected chi connectivity index (χ2v) is 8.84. The normalized spacial score (nSPS) is 17.8. The summed E-state index contributed by atoms with van der Waals surface area (Å²) in [5.41, 5.74) is 4.86. The maximum absolute atomic E-state index is 6.01. The maximum atomic E-state index is 6.01. The third-order valence-electron chi connectivity index (χ3n) is 6.20. The first-order valence-electron chi connectivity index (χ1n) is 11.5. The number of hydrogen-bond donors (Lipinski definition) is 1. The average molecular weight is 444 g/mol. The lowest BCUT2D eigenvalue weighted by Gasteiger charge is -2.34. The van der Waals surface area contributed by atoms with Gasteiger partial charge in [0.2, 0.25) is 0 Å². The molecule has 1 fully saturated rings. The van der Waals surface area contributed by atoms with Crippen molar-refractivity contribution in [2.24, 2.45) is 0 Å². The van der Waals surface area contributed by atoms with Gasteiger partial charge < -0.3 is 19.2 Å². The fourth-order valence-corrected chi connectivity index (χ4v) is 4.18. The van der Waals surface area contributed by atoms with E-state index in [9.17, 15) is 0 Å². The minimum Gasteiger partial charge on any atom is -0.490 e. The van der Waals surface area contributed by atoms with Crippen LogP contribution in [0.5, 0.6) is 5.75 Å². The van der Waals surface area contributed by atoms with Crippen LogP contribution in [-0.4, -0.2) is 29.3 Å². The molecule has 1 saturated carbocycles. The van der Waals surface area contributed by atoms with E-state index >= 15 is 0 Å². The molecule has 5 rings (SSSR count). The monoisotopic (exact) mass is 443 g/mol. The number of hydrogen-bond acceptors (Lipinski definition) is 6. The van der Waals surface area contributed by atoms with E-state index in [0.717, 1.165) is 35.2 Å². The van der Waals surface area contributed by atoms with Crippen molar-refractivity contribution in [2.45, 2.75) is 51.4 Å². The van der Waals surface area contributed by atoms with Crippen molar-refractivity contribution in [3.8, 4) is 17.1 Å². The lowest BCUT2D eigenvalue weighted by atomic mass is 9.92. The van der Waals surface area contributed by atoms with Crippen molar-refractivity contribution in [3.05, 3.63) is 72.0 Å². The number of ether oxygens (including phenoxy) is 2. The molecule has 170 valence electrons. The predicted molar refractivity (Wildman–Crippen MR) is 130 cm³/mol. The molecule has 0 unspecified atom stereocenters. The molecule has 4 aromatic rings. The summed E-state index contributed by atoms with van der Waals surface area (Å²) in [5, 5.41) is 3.44. The molecule has 6 heteroatoms. The lowest BCUT2D eigenvalue weighted by molar-refractivity contribution is -0.0381. The molecule has 1 N–H and O–H groups in total. The number of benzene rings is 2. The van der Waals surface area contributed by atoms with Crippen molar-refractivity contribution < 1.29 is 13.9 Å². The summed E-state index contributed by atoms with van der Waals surface area (Å²) >= 11 is 0. The standard InChI is InChI=1S/C27H29N3O3/c1-17(2)22-6-4-5-7-23(22)26-29-24-12-13-32-25(24)27(30-26)28-16-18-8-10-19(11-9-18)33-21-14-20(15-21)31-3/h4-13,17,20-21H,14-16H2,1-3H3,(H,28,29,30). The Morgan fingerprint density at radius 3 is 2.55 bits per heavy atom. The Bertz CT molecular complexity index is 1230. The Hall–Kier alpha value is -3.38. The predicted octanol–water partition coefficient (Wildman–Crippen LogP) is 6.18. The van der Waals surface area contributed by atoms with Crippen molar-refractivity contribution in [1.82, 2.24) is 9.97 Å². The zero-order valence-corrected chi connectivity index (χ0v) is 19.2. The molecule has 0 bridgehead atoms. The molecule has 2 aromatic carbocycles. The molecular formula is C27H29N3O3. The van der Waals surface area contributed by atoms with Gasteiger partial charge in [-0.15, -0.1) is 0 Å². The van der Waals surface area contributed by atoms with Crippen molar-refractivity contribution >= 4 is 16.9 Å². The highest BCUT2D eigenvalue weighted by molar-refractivity contribution is 5.85. The SMILES string of the molecule is COC1CC(Oc2ccc(CNc3nc(-c4ccccc4C(C)C)nc4ccoc34)cc2)C1. The molecule has 2 aromatic heterocycles. The van der Waals surface area contributed by atoms with Gasteiger partial charge in [-0.05, 0) is 29.2 Å². The second kappa shape index (κ2) is 9.24. The minimum atomic E-state index is 0.249. The molecular weight excluding hydrogens is 414 g/mol. The van der Waals surface area contributed by atoms with Crippen LogP contribution in [0.4, 0.5) is 5.82 Å². The average Bonchev–Trinajstić information content (AvgIpc) is 3.29. The first-order chi connectivity index (χ1) is 16.1. The van der Waals surface area contributed by atoms with Crippen LogP contribution in [0.3, 0.4) is 0 Å². The summed E-state index contributed by atoms with van der Waals surface area (Å²) in [5.74, 6) is 2.66. The van der Waals surface area contributed by atoms with Crippen molar-refractivity contribution in [1.29, 1.82) is 0 Å². The Morgan fingerprint density at radius 1 is 1.00 bits per heavy atom. The molecule has 0 amide bonds. The molecule has 33 heavy (non-hydrogen) atoms. The summed E-state index contributed by atoms with van der Waals surface area (Å²) in [6, 6.07) is 18.4. The largest absolute Gasteiger partial charge is 0.490 e. The number of nitrogens with zero attached hydrogens (tertiary/aromatic N) is 2. The molecule has 0 saturated heterocycles. The molecule has 0 spiro atoms. The zero-order chi connectivity index (χ0) is 22.8. The Morgan fingerprint density at radius 2 is 1.79 bits per heavy atom. The maximum Gasteiger partial charge on any atom is 0.194 e. The molecule has 0 aliphatic heterocycles. The second-order valence-electron chi connectivity index (χ2n) is 8.84. The van der Waals surface area contributed by atoms with E-state index in [1.807, 2.05) is 24.3 Å². The van der Waals surface area contributed by atoms with Gasteiger partial charge in [0.25, 0.3) is 0 Å². The Labute approximate surface area is 194 Å². The number of anilines is 1. The highest BCUT2D eigenvalue weighted by Gasteiger charge is 2.30. The summed E-state index contributed by atoms with van der Waals surface area (Å²) in [7, 11) is 1.75. The van der Waals surface area contributed by atoms with Gasteiger partial charge in [0.1, 0.15) is 17.4 Å². The van der Waals surface area contributed by atoms with Gasteiger partial charge >= 0.3 is 0 Å². The van der Waals surface area contributed by atoms with E-state index in [2.05, 4.69) is 49.5 Å². The number of fused-ring (bicyclic) bond motifs is 1. The van der Waals surface area contributed by atoms with E-state index in [1.54, 1.807) is 13.4 Å². The molecule has 0 atom stereocenters. The Kier molecular flexibility index (Phi) is 6.01. The topological polar surface area (TPSA) is 69.4 Å². The van der Waals surface area contributed by atoms with Crippen LogP contribution in [0.15, 0.2) is 65.3 Å². The van der Waals surface area contributed by atoms with E-state index in [1.165, 1.54) is 5.56 Å². The number of rotatable bonds is 8. The van der Waals surface area contributed by atoms with Crippen LogP contribution < -0.4 is 10.1 Å². The van der Waals surface area contributed by atoms with E-state index < -0.39 is 0 Å². The third-order valence-corrected chi connectivity index (χ3v) is 6.20.